The van der Waals surface area contributed by atoms with Crippen LogP contribution in [0.1, 0.15) is 16.7 Å². The molecule has 0 bridgehead atoms. The maximum absolute atomic E-state index is 11.3. The fraction of sp³-hybridized carbons (Fsp3) is 0.212. The van der Waals surface area contributed by atoms with Crippen LogP contribution in [0.25, 0.3) is 33.2 Å². The lowest BCUT2D eigenvalue weighted by Gasteiger charge is -2.16. The van der Waals surface area contributed by atoms with Crippen molar-refractivity contribution in [3.05, 3.63) is 105 Å². The number of hydroxylamine groups is 1. The number of nitrogens with one attached hydrogen (secondary N) is 2. The van der Waals surface area contributed by atoms with Gasteiger partial charge in [0.1, 0.15) is 11.8 Å². The minimum Gasteiger partial charge on any atom is -0.496 e. The van der Waals surface area contributed by atoms with Crippen molar-refractivity contribution < 1.29 is 24.6 Å². The highest BCUT2D eigenvalue weighted by atomic mass is 35.5. The molecule has 0 spiro atoms. The minimum absolute atomic E-state index is 0.135. The number of aliphatic carboxylic acids is 1. The Morgan fingerprint density at radius 2 is 1.64 bits per heavy atom. The molecule has 1 atom stereocenters. The molecular weight excluding hydrogens is 639 g/mol. The normalized spacial score (nSPS) is 12.0. The Morgan fingerprint density at radius 3 is 2.33 bits per heavy atom. The van der Waals surface area contributed by atoms with Gasteiger partial charge in [-0.25, -0.2) is 0 Å². The summed E-state index contributed by atoms with van der Waals surface area (Å²) in [6, 6.07) is 22.3. The summed E-state index contributed by atoms with van der Waals surface area (Å²) in [5.41, 5.74) is 9.63. The molecule has 1 heterocycles. The summed E-state index contributed by atoms with van der Waals surface area (Å²) in [7, 11) is 3.11. The fourth-order valence-corrected chi connectivity index (χ4v) is 6.03. The highest BCUT2D eigenvalue weighted by molar-refractivity contribution is 6.38. The monoisotopic (exact) mass is 668 g/mol. The zero-order chi connectivity index (χ0) is 32.1. The second-order valence-electron chi connectivity index (χ2n) is 10.2. The number of nitrogens with zero attached hydrogens (tertiary/aromatic N) is 2. The summed E-state index contributed by atoms with van der Waals surface area (Å²) in [5.74, 6) is -0.641. The van der Waals surface area contributed by atoms with Crippen LogP contribution in [0.3, 0.4) is 0 Å². The first kappa shape index (κ1) is 32.7. The van der Waals surface area contributed by atoms with Gasteiger partial charge in [0, 0.05) is 40.2 Å². The number of fused-ring (bicyclic) bond motifs is 1. The van der Waals surface area contributed by atoms with Crippen LogP contribution in [0, 0.1) is 0 Å². The van der Waals surface area contributed by atoms with Crippen molar-refractivity contribution in [1.82, 2.24) is 20.6 Å². The van der Waals surface area contributed by atoms with Crippen LogP contribution >= 0.6 is 34.8 Å². The Bertz CT molecular complexity index is 1830. The van der Waals surface area contributed by atoms with E-state index in [0.717, 1.165) is 44.3 Å². The largest absolute Gasteiger partial charge is 0.496 e. The molecule has 1 aromatic heterocycles. The van der Waals surface area contributed by atoms with E-state index in [1.807, 2.05) is 60.7 Å². The zero-order valence-electron chi connectivity index (χ0n) is 24.5. The van der Waals surface area contributed by atoms with Crippen LogP contribution in [-0.2, 0) is 29.3 Å². The van der Waals surface area contributed by atoms with E-state index in [2.05, 4.69) is 15.9 Å². The predicted octanol–water partition coefficient (Wildman–Crippen LogP) is 6.57. The number of rotatable bonds is 13. The van der Waals surface area contributed by atoms with Crippen LogP contribution in [0.4, 0.5) is 0 Å². The molecule has 0 saturated carbocycles. The van der Waals surface area contributed by atoms with E-state index in [1.165, 1.54) is 7.11 Å². The first-order valence-corrected chi connectivity index (χ1v) is 15.1. The highest BCUT2D eigenvalue weighted by Crippen LogP contribution is 2.41. The number of carboxylic acids is 1. The lowest BCUT2D eigenvalue weighted by Crippen LogP contribution is -2.39. The second kappa shape index (κ2) is 14.6. The Morgan fingerprint density at radius 1 is 0.933 bits per heavy atom. The lowest BCUT2D eigenvalue weighted by molar-refractivity contribution is -0.140. The highest BCUT2D eigenvalue weighted by Gasteiger charge is 2.20. The van der Waals surface area contributed by atoms with Crippen LogP contribution in [0.2, 0.25) is 15.2 Å². The molecule has 45 heavy (non-hydrogen) atoms. The average molecular weight is 670 g/mol. The first-order valence-electron chi connectivity index (χ1n) is 14.0. The van der Waals surface area contributed by atoms with Gasteiger partial charge in [-0.3, -0.25) is 14.8 Å². The van der Waals surface area contributed by atoms with Gasteiger partial charge >= 0.3 is 5.97 Å². The minimum atomic E-state index is -1.15. The fourth-order valence-electron chi connectivity index (χ4n) is 5.16. The predicted molar refractivity (Wildman–Crippen MR) is 177 cm³/mol. The smallest absolute Gasteiger partial charge is 0.323 e. The van der Waals surface area contributed by atoms with E-state index in [-0.39, 0.29) is 6.54 Å². The Hall–Kier alpha value is -3.67. The van der Waals surface area contributed by atoms with Gasteiger partial charge in [-0.1, -0.05) is 89.4 Å². The third-order valence-electron chi connectivity index (χ3n) is 7.50. The van der Waals surface area contributed by atoms with E-state index < -0.39 is 18.6 Å². The third kappa shape index (κ3) is 7.10. The van der Waals surface area contributed by atoms with Gasteiger partial charge in [0.05, 0.1) is 37.9 Å². The molecule has 5 aromatic rings. The molecule has 0 saturated heterocycles. The van der Waals surface area contributed by atoms with Crippen molar-refractivity contribution >= 4 is 51.7 Å². The Kier molecular flexibility index (Phi) is 10.6. The van der Waals surface area contributed by atoms with Crippen LogP contribution in [0.5, 0.6) is 5.75 Å². The van der Waals surface area contributed by atoms with E-state index >= 15 is 0 Å². The number of methoxy groups -OCH3 is 1. The molecule has 0 radical (unpaired) electrons. The molecule has 12 heteroatoms. The van der Waals surface area contributed by atoms with E-state index in [0.29, 0.717) is 39.6 Å². The summed E-state index contributed by atoms with van der Waals surface area (Å²) in [4.78, 5) is 16.2. The molecule has 0 aliphatic heterocycles. The number of aliphatic hydroxyl groups is 1. The molecule has 9 nitrogen and oxygen atoms in total. The number of ether oxygens (including phenoxy) is 1. The molecular formula is C33H31Cl3N4O5. The van der Waals surface area contributed by atoms with Crippen LogP contribution in [0.15, 0.2) is 72.8 Å². The van der Waals surface area contributed by atoms with Crippen LogP contribution < -0.4 is 15.5 Å². The molecule has 0 amide bonds. The summed E-state index contributed by atoms with van der Waals surface area (Å²) < 4.78 is 7.35. The molecule has 4 N–H and O–H groups in total. The number of benzene rings is 4. The van der Waals surface area contributed by atoms with E-state index in [9.17, 15) is 15.0 Å². The SMILES string of the molecule is CONCc1ccc(-c2cccc(-c3cccc4c3c(Cl)nn4Cc3cc(OC)c(CN[C@@H](CO)C(=O)O)cc3Cl)c2Cl)cc1. The maximum atomic E-state index is 11.3. The molecule has 0 unspecified atom stereocenters. The maximum Gasteiger partial charge on any atom is 0.323 e. The second-order valence-corrected chi connectivity index (χ2v) is 11.4. The summed E-state index contributed by atoms with van der Waals surface area (Å²) in [6.45, 7) is 0.470. The van der Waals surface area contributed by atoms with Crippen molar-refractivity contribution in [3.63, 3.8) is 0 Å². The summed E-state index contributed by atoms with van der Waals surface area (Å²) in [6.07, 6.45) is 0. The lowest BCUT2D eigenvalue weighted by atomic mass is 9.96. The van der Waals surface area contributed by atoms with Crippen molar-refractivity contribution in [2.45, 2.75) is 25.7 Å². The Labute approximate surface area is 275 Å². The van der Waals surface area contributed by atoms with Gasteiger partial charge in [-0.05, 0) is 40.5 Å². The van der Waals surface area contributed by atoms with E-state index in [4.69, 9.17) is 44.4 Å². The van der Waals surface area contributed by atoms with Gasteiger partial charge in [-0.2, -0.15) is 10.6 Å². The number of aliphatic hydroxyl groups excluding tert-OH is 1. The van der Waals surface area contributed by atoms with Gasteiger partial charge in [0.2, 0.25) is 0 Å². The number of hydrogen-bond donors (Lipinski definition) is 4. The molecule has 5 rings (SSSR count). The number of carbonyl (C=O) groups is 1. The van der Waals surface area contributed by atoms with Gasteiger partial charge in [-0.15, -0.1) is 0 Å². The van der Waals surface area contributed by atoms with Gasteiger partial charge in [0.15, 0.2) is 5.15 Å². The average Bonchev–Trinajstić information content (AvgIpc) is 3.36. The Balaban J connectivity index is 1.47. The molecule has 0 aliphatic carbocycles. The standard InChI is InChI=1S/C33H31Cl3N4O5/c1-44-29-14-22(26(34)13-21(29)16-37-27(18-41)33(42)43)17-40-28-8-4-6-24(30(28)32(36)39-40)25-7-3-5-23(31(25)35)20-11-9-19(10-12-20)15-38-45-2/h3-14,27,37-38,41H,15-18H2,1-2H3,(H,42,43)/t27-/m0/s1. The van der Waals surface area contributed by atoms with Crippen molar-refractivity contribution in [2.24, 2.45) is 0 Å². The topological polar surface area (TPSA) is 118 Å². The summed E-state index contributed by atoms with van der Waals surface area (Å²) in [5, 5.41) is 28.1. The summed E-state index contributed by atoms with van der Waals surface area (Å²) >= 11 is 20.5. The molecule has 0 aliphatic rings. The van der Waals surface area contributed by atoms with Crippen molar-refractivity contribution in [1.29, 1.82) is 0 Å². The van der Waals surface area contributed by atoms with Gasteiger partial charge in [0.25, 0.3) is 0 Å². The number of carboxylic acid groups (broad SMARTS) is 1. The van der Waals surface area contributed by atoms with Crippen LogP contribution in [-0.4, -0.2) is 52.8 Å². The molecule has 4 aromatic carbocycles. The third-order valence-corrected chi connectivity index (χ3v) is 8.52. The zero-order valence-corrected chi connectivity index (χ0v) is 26.7. The number of halogens is 3. The van der Waals surface area contributed by atoms with Crippen molar-refractivity contribution in [2.75, 3.05) is 20.8 Å². The molecule has 234 valence electrons. The van der Waals surface area contributed by atoms with Crippen molar-refractivity contribution in [3.8, 4) is 28.0 Å². The number of aromatic nitrogens is 2. The molecule has 0 fully saturated rings. The van der Waals surface area contributed by atoms with E-state index in [1.54, 1.807) is 23.9 Å². The van der Waals surface area contributed by atoms with Gasteiger partial charge < -0.3 is 19.8 Å². The first-order chi connectivity index (χ1) is 21.7. The quantitative estimate of drug-likeness (QED) is 0.104. The number of hydrogen-bond acceptors (Lipinski definition) is 7.